The second kappa shape index (κ2) is 10.5. The molecule has 0 saturated heterocycles. The van der Waals surface area contributed by atoms with E-state index in [1.807, 2.05) is 0 Å². The van der Waals surface area contributed by atoms with Gasteiger partial charge in [-0.2, -0.15) is 0 Å². The van der Waals surface area contributed by atoms with Gasteiger partial charge in [0.05, 0.1) is 0 Å². The number of rotatable bonds is 8. The smallest absolute Gasteiger partial charge is 0.0150 e. The van der Waals surface area contributed by atoms with Crippen molar-refractivity contribution in [2.75, 3.05) is 0 Å². The third-order valence-electron chi connectivity index (χ3n) is 5.17. The molecule has 0 nitrogen and oxygen atoms in total. The first-order chi connectivity index (χ1) is 13.7. The van der Waals surface area contributed by atoms with Crippen LogP contribution in [0.5, 0.6) is 0 Å². The molecule has 3 aromatic carbocycles. The third-order valence-corrected chi connectivity index (χ3v) is 5.17. The van der Waals surface area contributed by atoms with Gasteiger partial charge in [-0.05, 0) is 59.9 Å². The Kier molecular flexibility index (Phi) is 7.44. The summed E-state index contributed by atoms with van der Waals surface area (Å²) in [6, 6.07) is 28.6. The van der Waals surface area contributed by atoms with E-state index in [-0.39, 0.29) is 0 Å². The van der Waals surface area contributed by atoms with Crippen LogP contribution in [-0.2, 0) is 12.8 Å². The first-order valence-electron chi connectivity index (χ1n) is 10.3. The van der Waals surface area contributed by atoms with Crippen LogP contribution in [0, 0.1) is 0 Å². The minimum absolute atomic E-state index is 0.536. The summed E-state index contributed by atoms with van der Waals surface area (Å²) < 4.78 is 0. The molecule has 0 unspecified atom stereocenters. The lowest BCUT2D eigenvalue weighted by atomic mass is 9.93. The minimum atomic E-state index is 0.536. The average Bonchev–Trinajstić information content (AvgIpc) is 2.75. The number of hydrogen-bond donors (Lipinski definition) is 0. The van der Waals surface area contributed by atoms with Crippen LogP contribution in [0.4, 0.5) is 0 Å². The van der Waals surface area contributed by atoms with Crippen LogP contribution >= 0.6 is 0 Å². The lowest BCUT2D eigenvalue weighted by molar-refractivity contribution is 0.759. The van der Waals surface area contributed by atoms with Crippen LogP contribution in [0.2, 0.25) is 0 Å². The molecule has 0 radical (unpaired) electrons. The predicted molar refractivity (Wildman–Crippen MR) is 124 cm³/mol. The van der Waals surface area contributed by atoms with Crippen molar-refractivity contribution in [1.29, 1.82) is 0 Å². The maximum Gasteiger partial charge on any atom is -0.0150 e. The highest BCUT2D eigenvalue weighted by Crippen LogP contribution is 2.21. The molecule has 0 aliphatic heterocycles. The van der Waals surface area contributed by atoms with Gasteiger partial charge in [-0.3, -0.25) is 0 Å². The Labute approximate surface area is 170 Å². The number of aryl methyl sites for hydroxylation is 1. The van der Waals surface area contributed by atoms with Crippen molar-refractivity contribution in [3.63, 3.8) is 0 Å². The molecule has 0 amide bonds. The summed E-state index contributed by atoms with van der Waals surface area (Å²) >= 11 is 0. The lowest BCUT2D eigenvalue weighted by Crippen LogP contribution is -1.98. The van der Waals surface area contributed by atoms with Crippen molar-refractivity contribution in [2.24, 2.45) is 0 Å². The zero-order chi connectivity index (χ0) is 19.6. The van der Waals surface area contributed by atoms with Crippen molar-refractivity contribution in [2.45, 2.75) is 39.0 Å². The first kappa shape index (κ1) is 19.9. The monoisotopic (exact) mass is 366 g/mol. The molecule has 0 bridgehead atoms. The summed E-state index contributed by atoms with van der Waals surface area (Å²) in [5.74, 6) is 0.536. The van der Waals surface area contributed by atoms with E-state index in [0.29, 0.717) is 5.92 Å². The fourth-order valence-corrected chi connectivity index (χ4v) is 3.42. The van der Waals surface area contributed by atoms with E-state index in [0.717, 1.165) is 19.3 Å². The number of allylic oxidation sites excluding steroid dienone is 2. The molecule has 0 spiro atoms. The van der Waals surface area contributed by atoms with Gasteiger partial charge >= 0.3 is 0 Å². The molecule has 0 heteroatoms. The molecule has 3 aromatic rings. The molecule has 142 valence electrons. The molecule has 1 atom stereocenters. The quantitative estimate of drug-likeness (QED) is 0.283. The Bertz CT molecular complexity index is 881. The van der Waals surface area contributed by atoms with Crippen LogP contribution in [-0.4, -0.2) is 0 Å². The van der Waals surface area contributed by atoms with Crippen molar-refractivity contribution in [3.05, 3.63) is 119 Å². The highest BCUT2D eigenvalue weighted by molar-refractivity contribution is 5.69. The van der Waals surface area contributed by atoms with Gasteiger partial charge < -0.3 is 0 Å². The molecule has 0 fully saturated rings. The van der Waals surface area contributed by atoms with Gasteiger partial charge in [0, 0.05) is 0 Å². The zero-order valence-electron chi connectivity index (χ0n) is 17.0. The Morgan fingerprint density at radius 1 is 0.714 bits per heavy atom. The van der Waals surface area contributed by atoms with E-state index in [4.69, 9.17) is 0 Å². The van der Waals surface area contributed by atoms with Gasteiger partial charge in [0.1, 0.15) is 0 Å². The Balaban J connectivity index is 1.56. The van der Waals surface area contributed by atoms with Crippen LogP contribution in [0.3, 0.4) is 0 Å². The third kappa shape index (κ3) is 6.09. The van der Waals surface area contributed by atoms with Gasteiger partial charge in [-0.25, -0.2) is 0 Å². The fourth-order valence-electron chi connectivity index (χ4n) is 3.42. The van der Waals surface area contributed by atoms with E-state index in [2.05, 4.69) is 117 Å². The fraction of sp³-hybridized carbons (Fsp3) is 0.214. The van der Waals surface area contributed by atoms with E-state index in [9.17, 15) is 0 Å². The summed E-state index contributed by atoms with van der Waals surface area (Å²) in [6.45, 7) is 4.37. The maximum atomic E-state index is 2.30. The average molecular weight is 367 g/mol. The summed E-state index contributed by atoms with van der Waals surface area (Å²) in [5.41, 5.74) is 6.68. The van der Waals surface area contributed by atoms with Gasteiger partial charge in [0.25, 0.3) is 0 Å². The number of benzene rings is 3. The zero-order valence-corrected chi connectivity index (χ0v) is 17.0. The predicted octanol–water partition coefficient (Wildman–Crippen LogP) is 7.71. The summed E-state index contributed by atoms with van der Waals surface area (Å²) in [6.07, 6.45) is 12.0. The Morgan fingerprint density at radius 3 is 1.86 bits per heavy atom. The van der Waals surface area contributed by atoms with Crippen molar-refractivity contribution >= 4 is 12.2 Å². The standard InChI is InChI=1S/C28H30/c1-3-4-6-9-24-12-14-25(15-13-24)16-17-26-18-20-27(21-19-26)22-23(2)28-10-7-5-8-11-28/h3-5,7-8,10-21,23H,6,9,22H2,1-2H3/b4-3+,17-16?/t23-/m1/s1. The van der Waals surface area contributed by atoms with Crippen molar-refractivity contribution in [3.8, 4) is 0 Å². The van der Waals surface area contributed by atoms with Crippen molar-refractivity contribution in [1.82, 2.24) is 0 Å². The molecule has 0 aliphatic rings. The lowest BCUT2D eigenvalue weighted by Gasteiger charge is -2.12. The van der Waals surface area contributed by atoms with Crippen LogP contribution in [0.25, 0.3) is 12.2 Å². The second-order valence-electron chi connectivity index (χ2n) is 7.44. The Hall–Kier alpha value is -2.86. The summed E-state index contributed by atoms with van der Waals surface area (Å²) in [7, 11) is 0. The molecule has 0 heterocycles. The van der Waals surface area contributed by atoms with Crippen LogP contribution < -0.4 is 0 Å². The topological polar surface area (TPSA) is 0 Å². The summed E-state index contributed by atoms with van der Waals surface area (Å²) in [4.78, 5) is 0. The molecule has 0 aliphatic carbocycles. The van der Waals surface area contributed by atoms with Crippen molar-refractivity contribution < 1.29 is 0 Å². The SMILES string of the molecule is C/C=C/CCc1ccc(C=Cc2ccc(C[C@@H](C)c3ccccc3)cc2)cc1. The normalized spacial score (nSPS) is 12.6. The van der Waals surface area contributed by atoms with E-state index in [1.54, 1.807) is 0 Å². The molecule has 0 saturated carbocycles. The van der Waals surface area contributed by atoms with Gasteiger partial charge in [-0.15, -0.1) is 0 Å². The van der Waals surface area contributed by atoms with Gasteiger partial charge in [-0.1, -0.05) is 110 Å². The summed E-state index contributed by atoms with van der Waals surface area (Å²) in [5, 5.41) is 0. The maximum absolute atomic E-state index is 2.30. The van der Waals surface area contributed by atoms with Gasteiger partial charge in [0.2, 0.25) is 0 Å². The minimum Gasteiger partial charge on any atom is -0.0917 e. The largest absolute Gasteiger partial charge is 0.0917 e. The highest BCUT2D eigenvalue weighted by atomic mass is 14.1. The first-order valence-corrected chi connectivity index (χ1v) is 10.3. The number of hydrogen-bond acceptors (Lipinski definition) is 0. The molecule has 0 aromatic heterocycles. The molecular formula is C28H30. The van der Waals surface area contributed by atoms with E-state index in [1.165, 1.54) is 27.8 Å². The molecule has 0 N–H and O–H groups in total. The molecular weight excluding hydrogens is 336 g/mol. The van der Waals surface area contributed by atoms with Crippen LogP contribution in [0.15, 0.2) is 91.0 Å². The molecule has 28 heavy (non-hydrogen) atoms. The highest BCUT2D eigenvalue weighted by Gasteiger charge is 2.05. The van der Waals surface area contributed by atoms with E-state index >= 15 is 0 Å². The second-order valence-corrected chi connectivity index (χ2v) is 7.44. The Morgan fingerprint density at radius 2 is 1.29 bits per heavy atom. The molecule has 3 rings (SSSR count). The van der Waals surface area contributed by atoms with E-state index < -0.39 is 0 Å². The van der Waals surface area contributed by atoms with Gasteiger partial charge in [0.15, 0.2) is 0 Å². The van der Waals surface area contributed by atoms with Crippen LogP contribution in [0.1, 0.15) is 54.0 Å².